The minimum absolute atomic E-state index is 0.0109. The lowest BCUT2D eigenvalue weighted by molar-refractivity contribution is -0.136. The maximum Gasteiger partial charge on any atom is 0.315 e. The maximum atomic E-state index is 13.2. The number of carbonyl (C=O) groups excluding carboxylic acids is 2. The Bertz CT molecular complexity index is 821. The number of nitrogens with zero attached hydrogens (tertiary/aromatic N) is 2. The van der Waals surface area contributed by atoms with Gasteiger partial charge in [0.05, 0.1) is 0 Å². The van der Waals surface area contributed by atoms with Crippen LogP contribution in [0, 0.1) is 0 Å². The average molecular weight is 349 g/mol. The molecule has 0 radical (unpaired) electrons. The summed E-state index contributed by atoms with van der Waals surface area (Å²) < 4.78 is 0. The number of primary amides is 1. The van der Waals surface area contributed by atoms with Gasteiger partial charge in [0.15, 0.2) is 0 Å². The molecular formula is C21H23N3O2. The number of amides is 3. The highest BCUT2D eigenvalue weighted by Crippen LogP contribution is 2.34. The summed E-state index contributed by atoms with van der Waals surface area (Å²) in [5.41, 5.74) is 9.12. The second-order valence-electron chi connectivity index (χ2n) is 7.07. The van der Waals surface area contributed by atoms with E-state index in [1.807, 2.05) is 29.2 Å². The Balaban J connectivity index is 1.65. The molecule has 0 unspecified atom stereocenters. The fourth-order valence-corrected chi connectivity index (χ4v) is 4.24. The molecule has 134 valence electrons. The lowest BCUT2D eigenvalue weighted by Crippen LogP contribution is -2.51. The van der Waals surface area contributed by atoms with Crippen LogP contribution in [0.3, 0.4) is 0 Å². The monoisotopic (exact) mass is 349 g/mol. The number of urea groups is 1. The first-order valence-corrected chi connectivity index (χ1v) is 9.13. The van der Waals surface area contributed by atoms with E-state index < -0.39 is 12.1 Å². The largest absolute Gasteiger partial charge is 0.351 e. The van der Waals surface area contributed by atoms with Gasteiger partial charge in [0.2, 0.25) is 5.91 Å². The van der Waals surface area contributed by atoms with Gasteiger partial charge >= 0.3 is 6.03 Å². The Hall–Kier alpha value is -2.82. The molecule has 0 spiro atoms. The van der Waals surface area contributed by atoms with Crippen molar-refractivity contribution >= 4 is 11.9 Å². The molecule has 1 saturated heterocycles. The molecule has 26 heavy (non-hydrogen) atoms. The van der Waals surface area contributed by atoms with Crippen LogP contribution in [-0.2, 0) is 11.3 Å². The summed E-state index contributed by atoms with van der Waals surface area (Å²) in [6.45, 7) is 1.78. The van der Waals surface area contributed by atoms with Gasteiger partial charge in [-0.2, -0.15) is 0 Å². The van der Waals surface area contributed by atoms with Crippen LogP contribution in [0.2, 0.25) is 0 Å². The van der Waals surface area contributed by atoms with E-state index >= 15 is 0 Å². The molecule has 4 rings (SSSR count). The molecule has 2 aromatic rings. The van der Waals surface area contributed by atoms with Crippen LogP contribution < -0.4 is 5.73 Å². The van der Waals surface area contributed by atoms with Crippen LogP contribution in [0.1, 0.15) is 35.4 Å². The smallest absolute Gasteiger partial charge is 0.315 e. The third-order valence-corrected chi connectivity index (χ3v) is 5.53. The van der Waals surface area contributed by atoms with Gasteiger partial charge in [0.25, 0.3) is 0 Å². The number of fused-ring (bicyclic) bond motifs is 1. The van der Waals surface area contributed by atoms with E-state index in [0.29, 0.717) is 26.1 Å². The molecule has 0 saturated carbocycles. The summed E-state index contributed by atoms with van der Waals surface area (Å²) in [4.78, 5) is 28.2. The van der Waals surface area contributed by atoms with Crippen LogP contribution >= 0.6 is 0 Å². The second-order valence-corrected chi connectivity index (χ2v) is 7.07. The Morgan fingerprint density at radius 1 is 1.00 bits per heavy atom. The molecule has 5 heteroatoms. The van der Waals surface area contributed by atoms with Gasteiger partial charge < -0.3 is 15.5 Å². The number of benzene rings is 2. The zero-order chi connectivity index (χ0) is 18.1. The van der Waals surface area contributed by atoms with Crippen molar-refractivity contribution in [3.63, 3.8) is 0 Å². The minimum atomic E-state index is -0.502. The molecule has 0 bridgehead atoms. The summed E-state index contributed by atoms with van der Waals surface area (Å²) in [6, 6.07) is 17.7. The molecule has 2 heterocycles. The molecule has 0 aromatic heterocycles. The second kappa shape index (κ2) is 6.83. The number of carbonyl (C=O) groups is 2. The fourth-order valence-electron chi connectivity index (χ4n) is 4.24. The predicted molar refractivity (Wildman–Crippen MR) is 99.5 cm³/mol. The third-order valence-electron chi connectivity index (χ3n) is 5.53. The zero-order valence-corrected chi connectivity index (χ0v) is 14.7. The molecule has 2 aromatic carbocycles. The SMILES string of the molecule is NC(=O)N1CCC[C@H]1C(=O)N1Cc2ccccc2[C@H](c2ccccc2)C1. The summed E-state index contributed by atoms with van der Waals surface area (Å²) in [5.74, 6) is 0.158. The Morgan fingerprint density at radius 3 is 2.50 bits per heavy atom. The van der Waals surface area contributed by atoms with Gasteiger partial charge in [-0.15, -0.1) is 0 Å². The van der Waals surface area contributed by atoms with Gasteiger partial charge in [-0.05, 0) is 29.5 Å². The van der Waals surface area contributed by atoms with Crippen molar-refractivity contribution in [1.82, 2.24) is 9.80 Å². The van der Waals surface area contributed by atoms with Gasteiger partial charge in [-0.1, -0.05) is 54.6 Å². The molecule has 2 N–H and O–H groups in total. The zero-order valence-electron chi connectivity index (χ0n) is 14.7. The van der Waals surface area contributed by atoms with Crippen molar-refractivity contribution in [2.75, 3.05) is 13.1 Å². The first-order chi connectivity index (χ1) is 12.6. The number of nitrogens with two attached hydrogens (primary N) is 1. The molecule has 5 nitrogen and oxygen atoms in total. The summed E-state index contributed by atoms with van der Waals surface area (Å²) >= 11 is 0. The molecule has 1 fully saturated rings. The molecule has 0 aliphatic carbocycles. The van der Waals surface area contributed by atoms with Crippen LogP contribution in [0.25, 0.3) is 0 Å². The normalized spacial score (nSPS) is 22.2. The highest BCUT2D eigenvalue weighted by Gasteiger charge is 2.38. The molecule has 3 amide bonds. The van der Waals surface area contributed by atoms with Crippen molar-refractivity contribution in [1.29, 1.82) is 0 Å². The van der Waals surface area contributed by atoms with Gasteiger partial charge in [0, 0.05) is 25.6 Å². The van der Waals surface area contributed by atoms with E-state index in [0.717, 1.165) is 6.42 Å². The molecular weight excluding hydrogens is 326 g/mol. The number of hydrogen-bond acceptors (Lipinski definition) is 2. The van der Waals surface area contributed by atoms with Gasteiger partial charge in [0.1, 0.15) is 6.04 Å². The summed E-state index contributed by atoms with van der Waals surface area (Å²) in [5, 5.41) is 0. The van der Waals surface area contributed by atoms with Crippen LogP contribution in [-0.4, -0.2) is 40.9 Å². The Morgan fingerprint density at radius 2 is 1.73 bits per heavy atom. The van der Waals surface area contributed by atoms with E-state index in [4.69, 9.17) is 5.73 Å². The maximum absolute atomic E-state index is 13.2. The van der Waals surface area contributed by atoms with E-state index in [-0.39, 0.29) is 11.8 Å². The Labute approximate surface area is 153 Å². The minimum Gasteiger partial charge on any atom is -0.351 e. The topological polar surface area (TPSA) is 66.6 Å². The first-order valence-electron chi connectivity index (χ1n) is 9.13. The summed E-state index contributed by atoms with van der Waals surface area (Å²) in [6.07, 6.45) is 1.52. The quantitative estimate of drug-likeness (QED) is 0.906. The Kier molecular flexibility index (Phi) is 4.37. The van der Waals surface area contributed by atoms with Crippen molar-refractivity contribution in [3.05, 3.63) is 71.3 Å². The van der Waals surface area contributed by atoms with Crippen molar-refractivity contribution in [2.24, 2.45) is 5.73 Å². The molecule has 2 aliphatic heterocycles. The van der Waals surface area contributed by atoms with E-state index in [1.165, 1.54) is 21.6 Å². The van der Waals surface area contributed by atoms with E-state index in [2.05, 4.69) is 30.3 Å². The van der Waals surface area contributed by atoms with Gasteiger partial charge in [-0.25, -0.2) is 4.79 Å². The lowest BCUT2D eigenvalue weighted by Gasteiger charge is -2.37. The predicted octanol–water partition coefficient (Wildman–Crippen LogP) is 2.70. The van der Waals surface area contributed by atoms with E-state index in [9.17, 15) is 9.59 Å². The fraction of sp³-hybridized carbons (Fsp3) is 0.333. The molecule has 2 atom stereocenters. The van der Waals surface area contributed by atoms with Crippen molar-refractivity contribution < 1.29 is 9.59 Å². The van der Waals surface area contributed by atoms with Crippen LogP contribution in [0.5, 0.6) is 0 Å². The van der Waals surface area contributed by atoms with Crippen molar-refractivity contribution in [2.45, 2.75) is 31.3 Å². The summed E-state index contributed by atoms with van der Waals surface area (Å²) in [7, 11) is 0. The first kappa shape index (κ1) is 16.6. The standard InChI is InChI=1S/C21H23N3O2/c22-21(26)24-12-6-11-19(24)20(25)23-13-16-9-4-5-10-17(16)18(14-23)15-7-2-1-3-8-15/h1-5,7-10,18-19H,6,11-14H2,(H2,22,26)/t18-,19-/m0/s1. The average Bonchev–Trinajstić information content (AvgIpc) is 3.17. The number of hydrogen-bond donors (Lipinski definition) is 1. The molecule has 2 aliphatic rings. The van der Waals surface area contributed by atoms with Gasteiger partial charge in [-0.3, -0.25) is 4.79 Å². The number of likely N-dealkylation sites (tertiary alicyclic amines) is 1. The van der Waals surface area contributed by atoms with Crippen LogP contribution in [0.15, 0.2) is 54.6 Å². The van der Waals surface area contributed by atoms with E-state index in [1.54, 1.807) is 0 Å². The third kappa shape index (κ3) is 2.94. The lowest BCUT2D eigenvalue weighted by atomic mass is 9.84. The van der Waals surface area contributed by atoms with Crippen LogP contribution in [0.4, 0.5) is 4.79 Å². The highest BCUT2D eigenvalue weighted by molar-refractivity contribution is 5.87. The number of rotatable bonds is 2. The van der Waals surface area contributed by atoms with Crippen molar-refractivity contribution in [3.8, 4) is 0 Å². The highest BCUT2D eigenvalue weighted by atomic mass is 16.2.